The summed E-state index contributed by atoms with van der Waals surface area (Å²) in [5.74, 6) is -0.335. The largest absolute Gasteiger partial charge is 0.465 e. The van der Waals surface area contributed by atoms with Crippen molar-refractivity contribution >= 4 is 27.6 Å². The Morgan fingerprint density at radius 2 is 2.00 bits per heavy atom. The van der Waals surface area contributed by atoms with E-state index in [0.29, 0.717) is 12.1 Å². The number of carbonyl (C=O) groups is 1. The summed E-state index contributed by atoms with van der Waals surface area (Å²) in [7, 11) is 1.39. The maximum atomic E-state index is 11.7. The highest BCUT2D eigenvalue weighted by molar-refractivity contribution is 9.10. The number of hydrogen-bond acceptors (Lipinski definition) is 3. The summed E-state index contributed by atoms with van der Waals surface area (Å²) in [6.45, 7) is 2.70. The van der Waals surface area contributed by atoms with Gasteiger partial charge in [-0.05, 0) is 36.2 Å². The fourth-order valence-electron chi connectivity index (χ4n) is 1.87. The molecule has 4 heteroatoms. The van der Waals surface area contributed by atoms with Crippen LogP contribution in [0.4, 0.5) is 5.69 Å². The summed E-state index contributed by atoms with van der Waals surface area (Å²) >= 11 is 3.52. The molecule has 3 nitrogen and oxygen atoms in total. The van der Waals surface area contributed by atoms with Gasteiger partial charge in [0.05, 0.1) is 12.7 Å². The summed E-state index contributed by atoms with van der Waals surface area (Å²) in [6, 6.07) is 13.5. The van der Waals surface area contributed by atoms with Crippen LogP contribution in [-0.4, -0.2) is 13.1 Å². The van der Waals surface area contributed by atoms with Gasteiger partial charge < -0.3 is 10.1 Å². The minimum Gasteiger partial charge on any atom is -0.465 e. The second-order valence-corrected chi connectivity index (χ2v) is 5.33. The van der Waals surface area contributed by atoms with E-state index in [1.54, 1.807) is 6.07 Å². The molecular weight excluding hydrogens is 318 g/mol. The molecule has 2 aromatic carbocycles. The van der Waals surface area contributed by atoms with Crippen molar-refractivity contribution in [3.8, 4) is 0 Å². The molecule has 0 radical (unpaired) electrons. The molecular formula is C16H16BrNO2. The summed E-state index contributed by atoms with van der Waals surface area (Å²) in [5.41, 5.74) is 3.66. The maximum absolute atomic E-state index is 11.7. The lowest BCUT2D eigenvalue weighted by Gasteiger charge is -2.11. The topological polar surface area (TPSA) is 38.3 Å². The van der Waals surface area contributed by atoms with Gasteiger partial charge in [-0.3, -0.25) is 0 Å². The molecule has 0 aliphatic heterocycles. The second kappa shape index (κ2) is 6.57. The molecule has 1 N–H and O–H groups in total. The zero-order valence-corrected chi connectivity index (χ0v) is 13.0. The zero-order chi connectivity index (χ0) is 14.5. The minimum atomic E-state index is -0.335. The summed E-state index contributed by atoms with van der Waals surface area (Å²) in [6.07, 6.45) is 0. The fourth-order valence-corrected chi connectivity index (χ4v) is 2.30. The van der Waals surface area contributed by atoms with Crippen molar-refractivity contribution in [2.24, 2.45) is 0 Å². The standard InChI is InChI=1S/C16H16BrNO2/c1-11-7-8-12(9-14(11)17)10-18-15-6-4-3-5-13(15)16(19)20-2/h3-9,18H,10H2,1-2H3. The van der Waals surface area contributed by atoms with Crippen molar-refractivity contribution in [1.82, 2.24) is 0 Å². The monoisotopic (exact) mass is 333 g/mol. The first kappa shape index (κ1) is 14.6. The molecule has 0 bridgehead atoms. The maximum Gasteiger partial charge on any atom is 0.339 e. The van der Waals surface area contributed by atoms with Crippen LogP contribution in [0.1, 0.15) is 21.5 Å². The van der Waals surface area contributed by atoms with E-state index in [4.69, 9.17) is 4.74 Å². The minimum absolute atomic E-state index is 0.335. The zero-order valence-electron chi connectivity index (χ0n) is 11.4. The molecule has 0 amide bonds. The van der Waals surface area contributed by atoms with Crippen LogP contribution in [0, 0.1) is 6.92 Å². The molecule has 0 unspecified atom stereocenters. The number of carbonyl (C=O) groups excluding carboxylic acids is 1. The Morgan fingerprint density at radius 3 is 2.70 bits per heavy atom. The van der Waals surface area contributed by atoms with Crippen molar-refractivity contribution in [2.45, 2.75) is 13.5 Å². The lowest BCUT2D eigenvalue weighted by Crippen LogP contribution is -2.08. The average molecular weight is 334 g/mol. The van der Waals surface area contributed by atoms with Crippen LogP contribution in [-0.2, 0) is 11.3 Å². The van der Waals surface area contributed by atoms with Crippen molar-refractivity contribution in [3.05, 3.63) is 63.6 Å². The number of halogens is 1. The van der Waals surface area contributed by atoms with Crippen LogP contribution in [0.5, 0.6) is 0 Å². The van der Waals surface area contributed by atoms with Gasteiger partial charge in [0.25, 0.3) is 0 Å². The van der Waals surface area contributed by atoms with E-state index in [0.717, 1.165) is 15.7 Å². The first-order valence-corrected chi connectivity index (χ1v) is 7.07. The number of rotatable bonds is 4. The van der Waals surface area contributed by atoms with Crippen molar-refractivity contribution < 1.29 is 9.53 Å². The van der Waals surface area contributed by atoms with Gasteiger partial charge in [-0.25, -0.2) is 4.79 Å². The quantitative estimate of drug-likeness (QED) is 0.854. The molecule has 0 aliphatic rings. The lowest BCUT2D eigenvalue weighted by molar-refractivity contribution is 0.0602. The Kier molecular flexibility index (Phi) is 4.79. The van der Waals surface area contributed by atoms with Crippen molar-refractivity contribution in [2.75, 3.05) is 12.4 Å². The van der Waals surface area contributed by atoms with E-state index < -0.39 is 0 Å². The van der Waals surface area contributed by atoms with Crippen LogP contribution >= 0.6 is 15.9 Å². The number of ether oxygens (including phenoxy) is 1. The van der Waals surface area contributed by atoms with E-state index in [9.17, 15) is 4.79 Å². The predicted molar refractivity (Wildman–Crippen MR) is 84.0 cm³/mol. The van der Waals surface area contributed by atoms with Gasteiger partial charge in [-0.1, -0.05) is 40.2 Å². The van der Waals surface area contributed by atoms with Crippen LogP contribution in [0.25, 0.3) is 0 Å². The second-order valence-electron chi connectivity index (χ2n) is 4.47. The third kappa shape index (κ3) is 3.39. The van der Waals surface area contributed by atoms with Gasteiger partial charge in [-0.15, -0.1) is 0 Å². The number of nitrogens with one attached hydrogen (secondary N) is 1. The number of methoxy groups -OCH3 is 1. The summed E-state index contributed by atoms with van der Waals surface area (Å²) in [5, 5.41) is 3.27. The predicted octanol–water partition coefficient (Wildman–Crippen LogP) is 4.16. The Bertz CT molecular complexity index is 626. The van der Waals surface area contributed by atoms with Gasteiger partial charge in [0.15, 0.2) is 0 Å². The van der Waals surface area contributed by atoms with Gasteiger partial charge in [0, 0.05) is 16.7 Å². The fraction of sp³-hybridized carbons (Fsp3) is 0.188. The summed E-state index contributed by atoms with van der Waals surface area (Å²) in [4.78, 5) is 11.7. The molecule has 0 spiro atoms. The number of esters is 1. The van der Waals surface area contributed by atoms with E-state index in [2.05, 4.69) is 39.4 Å². The number of aryl methyl sites for hydroxylation is 1. The first-order valence-electron chi connectivity index (χ1n) is 6.28. The van der Waals surface area contributed by atoms with E-state index >= 15 is 0 Å². The molecule has 0 atom stereocenters. The molecule has 2 aromatic rings. The third-order valence-electron chi connectivity index (χ3n) is 3.05. The smallest absolute Gasteiger partial charge is 0.339 e. The van der Waals surface area contributed by atoms with Gasteiger partial charge >= 0.3 is 5.97 Å². The summed E-state index contributed by atoms with van der Waals surface area (Å²) < 4.78 is 5.86. The van der Waals surface area contributed by atoms with Crippen LogP contribution in [0.3, 0.4) is 0 Å². The van der Waals surface area contributed by atoms with Crippen LogP contribution in [0.15, 0.2) is 46.9 Å². The van der Waals surface area contributed by atoms with E-state index in [-0.39, 0.29) is 5.97 Å². The molecule has 20 heavy (non-hydrogen) atoms. The van der Waals surface area contributed by atoms with Crippen LogP contribution < -0.4 is 5.32 Å². The Hall–Kier alpha value is -1.81. The first-order chi connectivity index (χ1) is 9.61. The van der Waals surface area contributed by atoms with E-state index in [1.165, 1.54) is 12.7 Å². The molecule has 0 aliphatic carbocycles. The van der Waals surface area contributed by atoms with Gasteiger partial charge in [-0.2, -0.15) is 0 Å². The van der Waals surface area contributed by atoms with Crippen molar-refractivity contribution in [1.29, 1.82) is 0 Å². The van der Waals surface area contributed by atoms with Gasteiger partial charge in [0.2, 0.25) is 0 Å². The van der Waals surface area contributed by atoms with Crippen molar-refractivity contribution in [3.63, 3.8) is 0 Å². The normalized spacial score (nSPS) is 10.2. The number of benzene rings is 2. The highest BCUT2D eigenvalue weighted by Crippen LogP contribution is 2.20. The number of para-hydroxylation sites is 1. The Labute approximate surface area is 127 Å². The SMILES string of the molecule is COC(=O)c1ccccc1NCc1ccc(C)c(Br)c1. The lowest BCUT2D eigenvalue weighted by atomic mass is 10.1. The molecule has 2 rings (SSSR count). The molecule has 0 aromatic heterocycles. The third-order valence-corrected chi connectivity index (χ3v) is 3.91. The van der Waals surface area contributed by atoms with Crippen LogP contribution in [0.2, 0.25) is 0 Å². The molecule has 0 fully saturated rings. The average Bonchev–Trinajstić information content (AvgIpc) is 2.48. The van der Waals surface area contributed by atoms with E-state index in [1.807, 2.05) is 25.1 Å². The Morgan fingerprint density at radius 1 is 1.25 bits per heavy atom. The highest BCUT2D eigenvalue weighted by atomic mass is 79.9. The Balaban J connectivity index is 2.14. The van der Waals surface area contributed by atoms with Gasteiger partial charge in [0.1, 0.15) is 0 Å². The number of anilines is 1. The molecule has 0 saturated heterocycles. The molecule has 104 valence electrons. The molecule has 0 saturated carbocycles. The highest BCUT2D eigenvalue weighted by Gasteiger charge is 2.10. The number of hydrogen-bond donors (Lipinski definition) is 1. The molecule has 0 heterocycles.